The van der Waals surface area contributed by atoms with Crippen molar-refractivity contribution in [2.24, 2.45) is 5.11 Å². The molecule has 1 aromatic heterocycles. The van der Waals surface area contributed by atoms with Gasteiger partial charge >= 0.3 is 5.82 Å². The molecular formula is C9H11N5O5. The van der Waals surface area contributed by atoms with Gasteiger partial charge in [0.05, 0.1) is 6.10 Å². The Hall–Kier alpha value is -2.42. The monoisotopic (exact) mass is 269 g/mol. The fourth-order valence-corrected chi connectivity index (χ4v) is 1.34. The maximum absolute atomic E-state index is 10.6. The molecule has 3 N–H and O–H groups in total. The summed E-state index contributed by atoms with van der Waals surface area (Å²) in [6.07, 6.45) is -2.79. The Morgan fingerprint density at radius 1 is 1.53 bits per heavy atom. The van der Waals surface area contributed by atoms with Crippen LogP contribution in [0.1, 0.15) is 18.2 Å². The van der Waals surface area contributed by atoms with Gasteiger partial charge < -0.3 is 25.4 Å². The predicted molar refractivity (Wildman–Crippen MR) is 62.2 cm³/mol. The highest BCUT2D eigenvalue weighted by Crippen LogP contribution is 2.26. The summed E-state index contributed by atoms with van der Waals surface area (Å²) in [5, 5.41) is 42.3. The smallest absolute Gasteiger partial charge is 0.406 e. The summed E-state index contributed by atoms with van der Waals surface area (Å²) < 4.78 is 0. The molecule has 102 valence electrons. The average molecular weight is 269 g/mol. The van der Waals surface area contributed by atoms with Gasteiger partial charge in [0.2, 0.25) is 5.75 Å². The van der Waals surface area contributed by atoms with Crippen molar-refractivity contribution < 1.29 is 20.2 Å². The third kappa shape index (κ3) is 3.78. The van der Waals surface area contributed by atoms with E-state index < -0.39 is 28.7 Å². The number of hydrogen-bond acceptors (Lipinski definition) is 7. The third-order valence-electron chi connectivity index (χ3n) is 2.30. The van der Waals surface area contributed by atoms with Crippen LogP contribution in [0.25, 0.3) is 10.4 Å². The van der Waals surface area contributed by atoms with Crippen molar-refractivity contribution in [1.82, 2.24) is 4.98 Å². The SMILES string of the molecule is [N-]=[N+]=NCCC(O)C(O)c1ccc(O)c([N+](=O)[O-])n1. The van der Waals surface area contributed by atoms with Gasteiger partial charge in [-0.25, -0.2) is 0 Å². The second kappa shape index (κ2) is 6.50. The molecule has 0 radical (unpaired) electrons. The third-order valence-corrected chi connectivity index (χ3v) is 2.30. The molecule has 2 atom stereocenters. The Labute approximate surface area is 106 Å². The molecule has 1 rings (SSSR count). The van der Waals surface area contributed by atoms with Gasteiger partial charge in [-0.3, -0.25) is 0 Å². The highest BCUT2D eigenvalue weighted by molar-refractivity contribution is 5.39. The molecule has 0 spiro atoms. The van der Waals surface area contributed by atoms with Gasteiger partial charge in [-0.2, -0.15) is 0 Å². The van der Waals surface area contributed by atoms with Gasteiger partial charge in [-0.05, 0) is 34.0 Å². The lowest BCUT2D eigenvalue weighted by molar-refractivity contribution is -0.390. The fraction of sp³-hybridized carbons (Fsp3) is 0.444. The summed E-state index contributed by atoms with van der Waals surface area (Å²) in [6, 6.07) is 2.16. The lowest BCUT2D eigenvalue weighted by Gasteiger charge is -2.13. The van der Waals surface area contributed by atoms with Crippen molar-refractivity contribution in [2.45, 2.75) is 18.6 Å². The largest absolute Gasteiger partial charge is 0.501 e. The molecule has 0 saturated heterocycles. The van der Waals surface area contributed by atoms with E-state index in [-0.39, 0.29) is 18.7 Å². The number of nitrogens with zero attached hydrogens (tertiary/aromatic N) is 5. The molecule has 0 aromatic carbocycles. The van der Waals surface area contributed by atoms with E-state index in [9.17, 15) is 25.4 Å². The van der Waals surface area contributed by atoms with Gasteiger partial charge in [0.25, 0.3) is 0 Å². The lowest BCUT2D eigenvalue weighted by Crippen LogP contribution is -2.20. The first-order chi connectivity index (χ1) is 8.97. The number of aliphatic hydroxyl groups is 2. The van der Waals surface area contributed by atoms with Crippen LogP contribution >= 0.6 is 0 Å². The van der Waals surface area contributed by atoms with Crippen LogP contribution in [-0.4, -0.2) is 37.9 Å². The van der Waals surface area contributed by atoms with Crippen LogP contribution in [0.2, 0.25) is 0 Å². The van der Waals surface area contributed by atoms with Crippen LogP contribution in [0.3, 0.4) is 0 Å². The Balaban J connectivity index is 2.87. The molecule has 10 nitrogen and oxygen atoms in total. The molecule has 0 aliphatic carbocycles. The second-order valence-corrected chi connectivity index (χ2v) is 3.59. The molecule has 0 aliphatic heterocycles. The molecule has 2 unspecified atom stereocenters. The Morgan fingerprint density at radius 3 is 2.79 bits per heavy atom. The molecule has 0 fully saturated rings. The molecule has 1 heterocycles. The Bertz CT molecular complexity index is 516. The number of pyridine rings is 1. The van der Waals surface area contributed by atoms with Gasteiger partial charge in [0.15, 0.2) is 5.69 Å². The minimum absolute atomic E-state index is 0.0262. The number of rotatable bonds is 6. The van der Waals surface area contributed by atoms with Crippen LogP contribution in [-0.2, 0) is 0 Å². The molecule has 1 aromatic rings. The fourth-order valence-electron chi connectivity index (χ4n) is 1.34. The van der Waals surface area contributed by atoms with Crippen LogP contribution < -0.4 is 0 Å². The second-order valence-electron chi connectivity index (χ2n) is 3.59. The van der Waals surface area contributed by atoms with Crippen LogP contribution in [0, 0.1) is 10.1 Å². The topological polar surface area (TPSA) is 165 Å². The van der Waals surface area contributed by atoms with Crippen LogP contribution in [0.15, 0.2) is 17.2 Å². The summed E-state index contributed by atoms with van der Waals surface area (Å²) in [4.78, 5) is 15.6. The van der Waals surface area contributed by atoms with Crippen molar-refractivity contribution in [3.8, 4) is 5.75 Å². The van der Waals surface area contributed by atoms with Gasteiger partial charge in [0, 0.05) is 11.5 Å². The maximum Gasteiger partial charge on any atom is 0.406 e. The molecule has 0 amide bonds. The zero-order valence-corrected chi connectivity index (χ0v) is 9.62. The van der Waals surface area contributed by atoms with E-state index >= 15 is 0 Å². The van der Waals surface area contributed by atoms with Crippen molar-refractivity contribution in [3.05, 3.63) is 38.4 Å². The summed E-state index contributed by atoms with van der Waals surface area (Å²) in [6.45, 7) is -0.0328. The van der Waals surface area contributed by atoms with Crippen molar-refractivity contribution >= 4 is 5.82 Å². The Morgan fingerprint density at radius 2 is 2.21 bits per heavy atom. The average Bonchev–Trinajstić information content (AvgIpc) is 2.38. The van der Waals surface area contributed by atoms with E-state index in [0.717, 1.165) is 12.1 Å². The minimum atomic E-state index is -1.48. The predicted octanol–water partition coefficient (Wildman–Crippen LogP) is 0.790. The maximum atomic E-state index is 10.6. The number of hydrogen-bond donors (Lipinski definition) is 3. The van der Waals surface area contributed by atoms with E-state index in [1.165, 1.54) is 0 Å². The number of azide groups is 1. The molecule has 0 aliphatic rings. The number of nitro groups is 1. The number of aromatic hydroxyl groups is 1. The molecular weight excluding hydrogens is 258 g/mol. The van der Waals surface area contributed by atoms with E-state index in [1.807, 2.05) is 0 Å². The molecule has 0 saturated carbocycles. The summed E-state index contributed by atoms with van der Waals surface area (Å²) in [7, 11) is 0. The summed E-state index contributed by atoms with van der Waals surface area (Å²) in [5.74, 6) is -1.44. The van der Waals surface area contributed by atoms with Crippen molar-refractivity contribution in [1.29, 1.82) is 0 Å². The summed E-state index contributed by atoms with van der Waals surface area (Å²) >= 11 is 0. The Kier molecular flexibility index (Phi) is 5.01. The van der Waals surface area contributed by atoms with E-state index in [2.05, 4.69) is 15.0 Å². The van der Waals surface area contributed by atoms with Crippen LogP contribution in [0.5, 0.6) is 5.75 Å². The first-order valence-corrected chi connectivity index (χ1v) is 5.18. The summed E-state index contributed by atoms with van der Waals surface area (Å²) in [5.41, 5.74) is 7.91. The van der Waals surface area contributed by atoms with Gasteiger partial charge in [-0.15, -0.1) is 0 Å². The standard InChI is InChI=1S/C9H11N5O5/c10-13-11-4-3-6(15)8(17)5-1-2-7(16)9(12-5)14(18)19/h1-2,6,8,15-17H,3-4H2. The lowest BCUT2D eigenvalue weighted by atomic mass is 10.1. The van der Waals surface area contributed by atoms with Gasteiger partial charge in [-0.1, -0.05) is 5.11 Å². The van der Waals surface area contributed by atoms with E-state index in [4.69, 9.17) is 5.53 Å². The van der Waals surface area contributed by atoms with Crippen molar-refractivity contribution in [2.75, 3.05) is 6.54 Å². The van der Waals surface area contributed by atoms with Gasteiger partial charge in [0.1, 0.15) is 6.10 Å². The normalized spacial score (nSPS) is 13.4. The first kappa shape index (κ1) is 14.6. The first-order valence-electron chi connectivity index (χ1n) is 5.18. The highest BCUT2D eigenvalue weighted by Gasteiger charge is 2.26. The molecule has 19 heavy (non-hydrogen) atoms. The zero-order valence-electron chi connectivity index (χ0n) is 9.62. The minimum Gasteiger partial charge on any atom is -0.501 e. The zero-order chi connectivity index (χ0) is 14.4. The van der Waals surface area contributed by atoms with Crippen molar-refractivity contribution in [3.63, 3.8) is 0 Å². The number of aromatic nitrogens is 1. The molecule has 0 bridgehead atoms. The van der Waals surface area contributed by atoms with Crippen LogP contribution in [0.4, 0.5) is 5.82 Å². The highest BCUT2D eigenvalue weighted by atomic mass is 16.6. The quantitative estimate of drug-likeness (QED) is 0.227. The van der Waals surface area contributed by atoms with E-state index in [1.54, 1.807) is 0 Å². The van der Waals surface area contributed by atoms with E-state index in [0.29, 0.717) is 0 Å². The number of aliphatic hydroxyl groups excluding tert-OH is 2. The molecule has 10 heteroatoms.